The molecule has 2 aromatic rings. The smallest absolute Gasteiger partial charge is 0.127 e. The molecule has 2 aromatic carbocycles. The SMILES string of the molecule is COc1cccc(OC)c1C(N)c1ccc2c(c1)CCO2. The van der Waals surface area contributed by atoms with E-state index in [0.717, 1.165) is 41.4 Å². The van der Waals surface area contributed by atoms with Crippen molar-refractivity contribution >= 4 is 0 Å². The molecule has 0 aromatic heterocycles. The number of nitrogens with two attached hydrogens (primary N) is 1. The van der Waals surface area contributed by atoms with Gasteiger partial charge < -0.3 is 19.9 Å². The average molecular weight is 285 g/mol. The van der Waals surface area contributed by atoms with E-state index in [4.69, 9.17) is 19.9 Å². The van der Waals surface area contributed by atoms with Crippen molar-refractivity contribution in [3.63, 3.8) is 0 Å². The molecular formula is C17H19NO3. The number of rotatable bonds is 4. The molecule has 21 heavy (non-hydrogen) atoms. The summed E-state index contributed by atoms with van der Waals surface area (Å²) in [6.07, 6.45) is 0.930. The largest absolute Gasteiger partial charge is 0.496 e. The molecule has 1 heterocycles. The number of hydrogen-bond acceptors (Lipinski definition) is 4. The summed E-state index contributed by atoms with van der Waals surface area (Å²) in [6.45, 7) is 0.742. The van der Waals surface area contributed by atoms with Gasteiger partial charge >= 0.3 is 0 Å². The van der Waals surface area contributed by atoms with E-state index in [-0.39, 0.29) is 6.04 Å². The predicted octanol–water partition coefficient (Wildman–Crippen LogP) is 2.69. The van der Waals surface area contributed by atoms with Gasteiger partial charge in [-0.05, 0) is 29.3 Å². The summed E-state index contributed by atoms with van der Waals surface area (Å²) < 4.78 is 16.4. The Labute approximate surface area is 124 Å². The van der Waals surface area contributed by atoms with Gasteiger partial charge in [0.2, 0.25) is 0 Å². The number of hydrogen-bond donors (Lipinski definition) is 1. The maximum Gasteiger partial charge on any atom is 0.127 e. The van der Waals surface area contributed by atoms with Crippen LogP contribution in [-0.4, -0.2) is 20.8 Å². The van der Waals surface area contributed by atoms with Gasteiger partial charge in [0.05, 0.1) is 32.4 Å². The lowest BCUT2D eigenvalue weighted by Gasteiger charge is -2.19. The van der Waals surface area contributed by atoms with Crippen LogP contribution in [0.4, 0.5) is 0 Å². The number of benzene rings is 2. The zero-order valence-corrected chi connectivity index (χ0v) is 12.3. The fourth-order valence-electron chi connectivity index (χ4n) is 2.75. The summed E-state index contributed by atoms with van der Waals surface area (Å²) in [5.74, 6) is 2.43. The predicted molar refractivity (Wildman–Crippen MR) is 81.2 cm³/mol. The standard InChI is InChI=1S/C17H19NO3/c1-19-14-4-3-5-15(20-2)16(14)17(18)12-6-7-13-11(10-12)8-9-21-13/h3-7,10,17H,8-9,18H2,1-2H3. The van der Waals surface area contributed by atoms with Crippen molar-refractivity contribution < 1.29 is 14.2 Å². The molecular weight excluding hydrogens is 266 g/mol. The minimum Gasteiger partial charge on any atom is -0.496 e. The van der Waals surface area contributed by atoms with Crippen molar-refractivity contribution in [2.45, 2.75) is 12.5 Å². The highest BCUT2D eigenvalue weighted by molar-refractivity contribution is 5.52. The van der Waals surface area contributed by atoms with Crippen molar-refractivity contribution in [3.05, 3.63) is 53.1 Å². The summed E-state index contributed by atoms with van der Waals surface area (Å²) in [5, 5.41) is 0. The lowest BCUT2D eigenvalue weighted by molar-refractivity contribution is 0.357. The second-order valence-electron chi connectivity index (χ2n) is 5.02. The van der Waals surface area contributed by atoms with Gasteiger partial charge in [-0.15, -0.1) is 0 Å². The molecule has 1 aliphatic heterocycles. The van der Waals surface area contributed by atoms with Crippen molar-refractivity contribution in [3.8, 4) is 17.2 Å². The van der Waals surface area contributed by atoms with Crippen molar-refractivity contribution in [1.29, 1.82) is 0 Å². The van der Waals surface area contributed by atoms with Crippen LogP contribution in [0.1, 0.15) is 22.7 Å². The summed E-state index contributed by atoms with van der Waals surface area (Å²) >= 11 is 0. The second kappa shape index (κ2) is 5.66. The van der Waals surface area contributed by atoms with E-state index in [1.807, 2.05) is 30.3 Å². The first-order valence-electron chi connectivity index (χ1n) is 6.96. The van der Waals surface area contributed by atoms with Crippen LogP contribution in [0.25, 0.3) is 0 Å². The van der Waals surface area contributed by atoms with Gasteiger partial charge in [-0.1, -0.05) is 18.2 Å². The van der Waals surface area contributed by atoms with E-state index in [0.29, 0.717) is 0 Å². The summed E-state index contributed by atoms with van der Waals surface area (Å²) in [5.41, 5.74) is 9.56. The summed E-state index contributed by atoms with van der Waals surface area (Å²) in [7, 11) is 3.28. The van der Waals surface area contributed by atoms with E-state index < -0.39 is 0 Å². The second-order valence-corrected chi connectivity index (χ2v) is 5.02. The summed E-state index contributed by atoms with van der Waals surface area (Å²) in [4.78, 5) is 0. The maximum atomic E-state index is 6.46. The molecule has 4 heteroatoms. The third kappa shape index (κ3) is 2.43. The van der Waals surface area contributed by atoms with Crippen molar-refractivity contribution in [2.24, 2.45) is 5.73 Å². The fraction of sp³-hybridized carbons (Fsp3) is 0.294. The Hall–Kier alpha value is -2.20. The van der Waals surface area contributed by atoms with Crippen LogP contribution in [0.15, 0.2) is 36.4 Å². The van der Waals surface area contributed by atoms with E-state index in [2.05, 4.69) is 6.07 Å². The number of methoxy groups -OCH3 is 2. The highest BCUT2D eigenvalue weighted by Crippen LogP contribution is 2.37. The molecule has 0 radical (unpaired) electrons. The Morgan fingerprint density at radius 1 is 1.10 bits per heavy atom. The average Bonchev–Trinajstić information content (AvgIpc) is 3.00. The molecule has 1 atom stereocenters. The van der Waals surface area contributed by atoms with Gasteiger partial charge in [0.15, 0.2) is 0 Å². The Bertz CT molecular complexity index is 632. The van der Waals surface area contributed by atoms with Gasteiger partial charge in [0.25, 0.3) is 0 Å². The third-order valence-corrected chi connectivity index (χ3v) is 3.85. The molecule has 0 amide bonds. The molecule has 4 nitrogen and oxygen atoms in total. The normalized spacial score (nSPS) is 14.2. The highest BCUT2D eigenvalue weighted by atomic mass is 16.5. The van der Waals surface area contributed by atoms with Gasteiger partial charge in [-0.3, -0.25) is 0 Å². The van der Waals surface area contributed by atoms with Crippen LogP contribution < -0.4 is 19.9 Å². The molecule has 3 rings (SSSR count). The molecule has 0 bridgehead atoms. The van der Waals surface area contributed by atoms with Crippen LogP contribution in [0.2, 0.25) is 0 Å². The van der Waals surface area contributed by atoms with Gasteiger partial charge in [0, 0.05) is 6.42 Å². The molecule has 110 valence electrons. The first-order valence-corrected chi connectivity index (χ1v) is 6.96. The first-order chi connectivity index (χ1) is 10.2. The first kappa shape index (κ1) is 13.8. The molecule has 0 fully saturated rings. The van der Waals surface area contributed by atoms with E-state index >= 15 is 0 Å². The van der Waals surface area contributed by atoms with Gasteiger partial charge in [-0.25, -0.2) is 0 Å². The van der Waals surface area contributed by atoms with Gasteiger partial charge in [-0.2, -0.15) is 0 Å². The molecule has 1 aliphatic rings. The Morgan fingerprint density at radius 3 is 2.48 bits per heavy atom. The van der Waals surface area contributed by atoms with Crippen molar-refractivity contribution in [2.75, 3.05) is 20.8 Å². The molecule has 1 unspecified atom stereocenters. The topological polar surface area (TPSA) is 53.7 Å². The highest BCUT2D eigenvalue weighted by Gasteiger charge is 2.21. The Morgan fingerprint density at radius 2 is 1.81 bits per heavy atom. The quantitative estimate of drug-likeness (QED) is 0.938. The molecule has 2 N–H and O–H groups in total. The molecule has 0 saturated heterocycles. The van der Waals surface area contributed by atoms with E-state index in [1.54, 1.807) is 14.2 Å². The van der Waals surface area contributed by atoms with Crippen molar-refractivity contribution in [1.82, 2.24) is 0 Å². The fourth-order valence-corrected chi connectivity index (χ4v) is 2.75. The van der Waals surface area contributed by atoms with Crippen LogP contribution in [0, 0.1) is 0 Å². The van der Waals surface area contributed by atoms with Crippen LogP contribution in [-0.2, 0) is 6.42 Å². The zero-order valence-electron chi connectivity index (χ0n) is 12.3. The lowest BCUT2D eigenvalue weighted by atomic mass is 9.95. The molecule has 0 spiro atoms. The third-order valence-electron chi connectivity index (χ3n) is 3.85. The molecule has 0 saturated carbocycles. The van der Waals surface area contributed by atoms with Crippen LogP contribution >= 0.6 is 0 Å². The van der Waals surface area contributed by atoms with Crippen LogP contribution in [0.3, 0.4) is 0 Å². The Balaban J connectivity index is 2.04. The van der Waals surface area contributed by atoms with E-state index in [1.165, 1.54) is 5.56 Å². The maximum absolute atomic E-state index is 6.46. The van der Waals surface area contributed by atoms with Gasteiger partial charge in [0.1, 0.15) is 17.2 Å². The number of fused-ring (bicyclic) bond motifs is 1. The summed E-state index contributed by atoms with van der Waals surface area (Å²) in [6, 6.07) is 11.5. The molecule has 0 aliphatic carbocycles. The minimum absolute atomic E-state index is 0.304. The van der Waals surface area contributed by atoms with Crippen LogP contribution in [0.5, 0.6) is 17.2 Å². The Kier molecular flexibility index (Phi) is 3.71. The minimum atomic E-state index is -0.304. The van der Waals surface area contributed by atoms with E-state index in [9.17, 15) is 0 Å². The lowest BCUT2D eigenvalue weighted by Crippen LogP contribution is -2.14. The monoisotopic (exact) mass is 285 g/mol. The number of ether oxygens (including phenoxy) is 3. The zero-order chi connectivity index (χ0) is 14.8.